The molecule has 23 heavy (non-hydrogen) atoms. The molecular formula is C18H20N4O. The van der Waals surface area contributed by atoms with Gasteiger partial charge in [-0.15, -0.1) is 0 Å². The van der Waals surface area contributed by atoms with Crippen molar-refractivity contribution in [2.45, 2.75) is 25.8 Å². The van der Waals surface area contributed by atoms with Crippen LogP contribution >= 0.6 is 0 Å². The van der Waals surface area contributed by atoms with Crippen LogP contribution in [0.4, 0.5) is 0 Å². The molecule has 0 bridgehead atoms. The minimum absolute atomic E-state index is 0.0281. The van der Waals surface area contributed by atoms with Crippen LogP contribution in [-0.4, -0.2) is 32.6 Å². The Kier molecular flexibility index (Phi) is 3.50. The van der Waals surface area contributed by atoms with E-state index >= 15 is 0 Å². The summed E-state index contributed by atoms with van der Waals surface area (Å²) < 4.78 is 1.51. The lowest BCUT2D eigenvalue weighted by molar-refractivity contribution is 0.326. The Hall–Kier alpha value is -2.40. The topological polar surface area (TPSA) is 53.4 Å². The highest BCUT2D eigenvalue weighted by Gasteiger charge is 2.25. The molecule has 0 radical (unpaired) electrons. The van der Waals surface area contributed by atoms with Crippen LogP contribution < -0.4 is 5.56 Å². The zero-order valence-electron chi connectivity index (χ0n) is 13.2. The summed E-state index contributed by atoms with van der Waals surface area (Å²) in [6.45, 7) is 4.90. The second-order valence-corrected chi connectivity index (χ2v) is 6.36. The summed E-state index contributed by atoms with van der Waals surface area (Å²) in [7, 11) is 0. The molecule has 3 aromatic rings. The Balaban J connectivity index is 1.54. The van der Waals surface area contributed by atoms with Crippen molar-refractivity contribution in [1.29, 1.82) is 0 Å². The number of aromatic nitrogens is 3. The molecule has 0 aliphatic carbocycles. The van der Waals surface area contributed by atoms with Crippen molar-refractivity contribution in [2.75, 3.05) is 13.1 Å². The number of fused-ring (bicyclic) bond motifs is 1. The van der Waals surface area contributed by atoms with Crippen LogP contribution in [0.3, 0.4) is 0 Å². The average molecular weight is 308 g/mol. The number of likely N-dealkylation sites (tertiary alicyclic amines) is 1. The SMILES string of the molecule is Cc1cc2nc([C@H]3CCN(Cc4ccccc4)C3)cc(=O)n2[nH]1. The number of hydrogen-bond donors (Lipinski definition) is 1. The Morgan fingerprint density at radius 2 is 2.09 bits per heavy atom. The van der Waals surface area contributed by atoms with Crippen molar-refractivity contribution in [1.82, 2.24) is 19.5 Å². The Morgan fingerprint density at radius 3 is 2.91 bits per heavy atom. The van der Waals surface area contributed by atoms with Crippen LogP contribution in [0.2, 0.25) is 0 Å². The number of benzene rings is 1. The molecule has 1 aromatic carbocycles. The van der Waals surface area contributed by atoms with E-state index in [2.05, 4.69) is 39.2 Å². The molecule has 1 N–H and O–H groups in total. The number of nitrogens with one attached hydrogen (secondary N) is 1. The lowest BCUT2D eigenvalue weighted by atomic mass is 10.0. The standard InChI is InChI=1S/C18H20N4O/c1-13-9-17-19-16(10-18(23)22(17)20-13)15-7-8-21(12-15)11-14-5-3-2-4-6-14/h2-6,9-10,15,20H,7-8,11-12H2,1H3/t15-/m0/s1. The molecule has 5 nitrogen and oxygen atoms in total. The van der Waals surface area contributed by atoms with Crippen molar-refractivity contribution in [2.24, 2.45) is 0 Å². The van der Waals surface area contributed by atoms with Gasteiger partial charge in [0, 0.05) is 36.8 Å². The number of nitrogens with zero attached hydrogens (tertiary/aromatic N) is 3. The molecule has 3 heterocycles. The van der Waals surface area contributed by atoms with E-state index in [1.54, 1.807) is 6.07 Å². The van der Waals surface area contributed by atoms with Crippen molar-refractivity contribution < 1.29 is 0 Å². The molecular weight excluding hydrogens is 288 g/mol. The highest BCUT2D eigenvalue weighted by molar-refractivity contribution is 5.40. The quantitative estimate of drug-likeness (QED) is 0.808. The van der Waals surface area contributed by atoms with E-state index in [9.17, 15) is 4.79 Å². The van der Waals surface area contributed by atoms with Crippen LogP contribution in [0.15, 0.2) is 47.3 Å². The largest absolute Gasteiger partial charge is 0.298 e. The fourth-order valence-corrected chi connectivity index (χ4v) is 3.40. The smallest absolute Gasteiger partial charge is 0.272 e. The Labute approximate surface area is 134 Å². The maximum absolute atomic E-state index is 12.2. The molecule has 0 amide bonds. The Bertz CT molecular complexity index is 881. The van der Waals surface area contributed by atoms with E-state index in [0.717, 1.165) is 37.4 Å². The summed E-state index contributed by atoms with van der Waals surface area (Å²) in [5.74, 6) is 0.339. The normalized spacial score (nSPS) is 18.7. The third kappa shape index (κ3) is 2.80. The number of aryl methyl sites for hydroxylation is 1. The molecule has 1 saturated heterocycles. The van der Waals surface area contributed by atoms with Crippen LogP contribution in [0.1, 0.15) is 29.3 Å². The van der Waals surface area contributed by atoms with E-state index in [1.165, 1.54) is 10.1 Å². The fourth-order valence-electron chi connectivity index (χ4n) is 3.40. The monoisotopic (exact) mass is 308 g/mol. The van der Waals surface area contributed by atoms with Gasteiger partial charge in [-0.2, -0.15) is 0 Å². The zero-order valence-corrected chi connectivity index (χ0v) is 13.2. The van der Waals surface area contributed by atoms with Gasteiger partial charge >= 0.3 is 0 Å². The first kappa shape index (κ1) is 14.2. The predicted octanol–water partition coefficient (Wildman–Crippen LogP) is 2.32. The van der Waals surface area contributed by atoms with Gasteiger partial charge < -0.3 is 0 Å². The van der Waals surface area contributed by atoms with Gasteiger partial charge in [0.25, 0.3) is 5.56 Å². The van der Waals surface area contributed by atoms with Gasteiger partial charge in [0.05, 0.1) is 5.69 Å². The zero-order chi connectivity index (χ0) is 15.8. The van der Waals surface area contributed by atoms with Crippen molar-refractivity contribution >= 4 is 5.65 Å². The van der Waals surface area contributed by atoms with E-state index in [-0.39, 0.29) is 5.56 Å². The molecule has 1 fully saturated rings. The molecule has 2 aromatic heterocycles. The molecule has 0 saturated carbocycles. The lowest BCUT2D eigenvalue weighted by Gasteiger charge is -2.15. The predicted molar refractivity (Wildman–Crippen MR) is 89.6 cm³/mol. The average Bonchev–Trinajstić information content (AvgIpc) is 3.14. The van der Waals surface area contributed by atoms with Crippen LogP contribution in [-0.2, 0) is 6.54 Å². The van der Waals surface area contributed by atoms with Crippen molar-refractivity contribution in [3.63, 3.8) is 0 Å². The molecule has 1 atom stereocenters. The van der Waals surface area contributed by atoms with Gasteiger partial charge in [0.15, 0.2) is 5.65 Å². The molecule has 0 spiro atoms. The maximum atomic E-state index is 12.2. The minimum atomic E-state index is -0.0281. The summed E-state index contributed by atoms with van der Waals surface area (Å²) in [6, 6.07) is 14.1. The molecule has 5 heteroatoms. The minimum Gasteiger partial charge on any atom is -0.298 e. The van der Waals surface area contributed by atoms with Gasteiger partial charge in [0.1, 0.15) is 0 Å². The lowest BCUT2D eigenvalue weighted by Crippen LogP contribution is -2.21. The van der Waals surface area contributed by atoms with Gasteiger partial charge in [-0.1, -0.05) is 30.3 Å². The number of aromatic amines is 1. The van der Waals surface area contributed by atoms with Crippen LogP contribution in [0, 0.1) is 6.92 Å². The van der Waals surface area contributed by atoms with Gasteiger partial charge in [-0.3, -0.25) is 14.8 Å². The summed E-state index contributed by atoms with van der Waals surface area (Å²) in [5, 5.41) is 3.02. The first-order valence-electron chi connectivity index (χ1n) is 8.04. The van der Waals surface area contributed by atoms with E-state index in [0.29, 0.717) is 11.6 Å². The van der Waals surface area contributed by atoms with Gasteiger partial charge in [-0.05, 0) is 25.5 Å². The van der Waals surface area contributed by atoms with Crippen molar-refractivity contribution in [3.05, 3.63) is 69.8 Å². The molecule has 4 rings (SSSR count). The van der Waals surface area contributed by atoms with Gasteiger partial charge in [0.2, 0.25) is 0 Å². The van der Waals surface area contributed by atoms with Crippen LogP contribution in [0.25, 0.3) is 5.65 Å². The number of rotatable bonds is 3. The third-order valence-electron chi connectivity index (χ3n) is 4.54. The van der Waals surface area contributed by atoms with Gasteiger partial charge in [-0.25, -0.2) is 9.50 Å². The highest BCUT2D eigenvalue weighted by atomic mass is 16.1. The fraction of sp³-hybridized carbons (Fsp3) is 0.333. The second kappa shape index (κ2) is 5.66. The first-order valence-corrected chi connectivity index (χ1v) is 8.04. The van der Waals surface area contributed by atoms with E-state index in [1.807, 2.05) is 19.1 Å². The first-order chi connectivity index (χ1) is 11.2. The highest BCUT2D eigenvalue weighted by Crippen LogP contribution is 2.26. The molecule has 118 valence electrons. The summed E-state index contributed by atoms with van der Waals surface area (Å²) in [4.78, 5) is 19.3. The number of hydrogen-bond acceptors (Lipinski definition) is 3. The summed E-state index contributed by atoms with van der Waals surface area (Å²) >= 11 is 0. The molecule has 1 aliphatic heterocycles. The Morgan fingerprint density at radius 1 is 1.26 bits per heavy atom. The summed E-state index contributed by atoms with van der Waals surface area (Å²) in [5.41, 5.74) is 3.89. The number of H-pyrrole nitrogens is 1. The third-order valence-corrected chi connectivity index (χ3v) is 4.54. The van der Waals surface area contributed by atoms with Crippen molar-refractivity contribution in [3.8, 4) is 0 Å². The second-order valence-electron chi connectivity index (χ2n) is 6.36. The molecule has 1 aliphatic rings. The van der Waals surface area contributed by atoms with Crippen LogP contribution in [0.5, 0.6) is 0 Å². The van der Waals surface area contributed by atoms with E-state index < -0.39 is 0 Å². The summed E-state index contributed by atoms with van der Waals surface area (Å²) in [6.07, 6.45) is 1.05. The maximum Gasteiger partial charge on any atom is 0.272 e. The van der Waals surface area contributed by atoms with E-state index in [4.69, 9.17) is 0 Å². The molecule has 0 unspecified atom stereocenters.